The number of fused-ring (bicyclic) bond motifs is 9. The van der Waals surface area contributed by atoms with Crippen molar-refractivity contribution in [3.63, 3.8) is 0 Å². The van der Waals surface area contributed by atoms with Gasteiger partial charge in [0.1, 0.15) is 5.75 Å². The van der Waals surface area contributed by atoms with Crippen molar-refractivity contribution in [2.75, 3.05) is 33.3 Å². The van der Waals surface area contributed by atoms with Gasteiger partial charge in [0.2, 0.25) is 12.6 Å². The van der Waals surface area contributed by atoms with Gasteiger partial charge in [0.05, 0.1) is 30.8 Å². The van der Waals surface area contributed by atoms with Crippen LogP contribution in [-0.2, 0) is 25.5 Å². The van der Waals surface area contributed by atoms with Crippen LogP contribution in [0.15, 0.2) is 6.07 Å². The van der Waals surface area contributed by atoms with Gasteiger partial charge in [-0.05, 0) is 45.4 Å². The minimum Gasteiger partial charge on any atom is -0.504 e. The second-order valence-electron chi connectivity index (χ2n) is 12.2. The van der Waals surface area contributed by atoms with Crippen LogP contribution < -0.4 is 18.9 Å². The van der Waals surface area contributed by atoms with Crippen LogP contribution >= 0.6 is 11.8 Å². The van der Waals surface area contributed by atoms with E-state index in [-0.39, 0.29) is 55.1 Å². The van der Waals surface area contributed by atoms with Crippen molar-refractivity contribution >= 4 is 29.5 Å². The van der Waals surface area contributed by atoms with E-state index >= 15 is 0 Å². The number of methoxy groups -OCH3 is 1. The van der Waals surface area contributed by atoms with E-state index in [0.29, 0.717) is 35.0 Å². The SMILES string of the molecule is COc1c(C)cc2c(c1O)C1[C@@H]3[C@@H]4SCC(=O)C(=O)OCC[C@@H](c5c6c(c(C)c(OC(C)=O)c54)OCO6)N3[C@@H](C)[C@H](C2)N1C. The molecule has 4 bridgehead atoms. The van der Waals surface area contributed by atoms with Crippen LogP contribution in [0.2, 0.25) is 0 Å². The summed E-state index contributed by atoms with van der Waals surface area (Å²) in [5.74, 6) is -0.0355. The van der Waals surface area contributed by atoms with Gasteiger partial charge in [0.15, 0.2) is 23.0 Å². The predicted octanol–water partition coefficient (Wildman–Crippen LogP) is 3.69. The third-order valence-electron chi connectivity index (χ3n) is 10.0. The Morgan fingerprint density at radius 2 is 1.84 bits per heavy atom. The van der Waals surface area contributed by atoms with Crippen LogP contribution in [0.5, 0.6) is 28.7 Å². The number of piperazine rings is 1. The molecule has 0 radical (unpaired) electrons. The molecular weight excluding hydrogens is 588 g/mol. The number of ketones is 1. The van der Waals surface area contributed by atoms with Crippen molar-refractivity contribution in [1.29, 1.82) is 0 Å². The van der Waals surface area contributed by atoms with Crippen LogP contribution in [-0.4, -0.2) is 84.1 Å². The zero-order valence-corrected chi connectivity index (χ0v) is 26.4. The lowest BCUT2D eigenvalue weighted by atomic mass is 9.71. The summed E-state index contributed by atoms with van der Waals surface area (Å²) >= 11 is 1.33. The Bertz CT molecular complexity index is 1610. The number of likely N-dealkylation sites (N-methyl/N-ethyl adjacent to an activating group) is 1. The molecule has 234 valence electrons. The highest BCUT2D eigenvalue weighted by atomic mass is 32.2. The Hall–Kier alpha value is -3.48. The van der Waals surface area contributed by atoms with Crippen LogP contribution in [0, 0.1) is 13.8 Å². The summed E-state index contributed by atoms with van der Waals surface area (Å²) in [6.07, 6.45) is 1.10. The van der Waals surface area contributed by atoms with Crippen molar-refractivity contribution in [3.05, 3.63) is 39.4 Å². The van der Waals surface area contributed by atoms with Gasteiger partial charge in [-0.3, -0.25) is 19.4 Å². The molecule has 5 heterocycles. The Morgan fingerprint density at radius 1 is 1.09 bits per heavy atom. The summed E-state index contributed by atoms with van der Waals surface area (Å²) in [5, 5.41) is 11.3. The largest absolute Gasteiger partial charge is 0.504 e. The second kappa shape index (κ2) is 10.6. The van der Waals surface area contributed by atoms with E-state index in [4.69, 9.17) is 23.7 Å². The maximum absolute atomic E-state index is 13.0. The number of Topliss-reactive ketones (excluding diaryl/α,β-unsaturated/α-hetero) is 1. The van der Waals surface area contributed by atoms with Crippen molar-refractivity contribution in [2.24, 2.45) is 0 Å². The van der Waals surface area contributed by atoms with E-state index in [1.807, 2.05) is 13.8 Å². The van der Waals surface area contributed by atoms with Crippen molar-refractivity contribution < 1.29 is 43.2 Å². The predicted molar refractivity (Wildman–Crippen MR) is 160 cm³/mol. The Labute approximate surface area is 259 Å². The fraction of sp³-hybridized carbons (Fsp3) is 0.531. The summed E-state index contributed by atoms with van der Waals surface area (Å²) in [6, 6.07) is 1.28. The molecule has 6 atom stereocenters. The minimum atomic E-state index is -0.853. The number of ether oxygens (including phenoxy) is 5. The number of aromatic hydroxyl groups is 1. The Balaban J connectivity index is 1.55. The molecule has 2 aromatic carbocycles. The molecule has 7 rings (SSSR count). The molecule has 2 saturated heterocycles. The lowest BCUT2D eigenvalue weighted by Crippen LogP contribution is -2.68. The zero-order chi connectivity index (χ0) is 31.2. The number of hydrogen-bond acceptors (Lipinski definition) is 12. The summed E-state index contributed by atoms with van der Waals surface area (Å²) in [5.41, 5.74) is 4.94. The molecule has 2 aromatic rings. The lowest BCUT2D eigenvalue weighted by Gasteiger charge is -2.62. The van der Waals surface area contributed by atoms with Gasteiger partial charge >= 0.3 is 11.9 Å². The van der Waals surface area contributed by atoms with E-state index in [1.54, 1.807) is 7.11 Å². The highest BCUT2D eigenvalue weighted by molar-refractivity contribution is 8.00. The smallest absolute Gasteiger partial charge is 0.375 e. The van der Waals surface area contributed by atoms with Crippen LogP contribution in [0.1, 0.15) is 71.0 Å². The molecule has 0 saturated carbocycles. The summed E-state index contributed by atoms with van der Waals surface area (Å²) in [6.45, 7) is 7.39. The van der Waals surface area contributed by atoms with Gasteiger partial charge in [-0.1, -0.05) is 6.07 Å². The highest BCUT2D eigenvalue weighted by Crippen LogP contribution is 2.64. The number of nitrogens with zero attached hydrogens (tertiary/aromatic N) is 2. The van der Waals surface area contributed by atoms with Crippen molar-refractivity contribution in [2.45, 2.75) is 76.0 Å². The first-order valence-electron chi connectivity index (χ1n) is 14.9. The van der Waals surface area contributed by atoms with Crippen molar-refractivity contribution in [3.8, 4) is 28.7 Å². The molecule has 1 unspecified atom stereocenters. The number of rotatable bonds is 2. The molecule has 2 fully saturated rings. The van der Waals surface area contributed by atoms with Crippen LogP contribution in [0.25, 0.3) is 0 Å². The number of cyclic esters (lactones) is 1. The molecular formula is C32H36N2O9S. The van der Waals surface area contributed by atoms with Gasteiger partial charge in [0, 0.05) is 59.8 Å². The number of carbonyl (C=O) groups is 3. The second-order valence-corrected chi connectivity index (χ2v) is 13.4. The van der Waals surface area contributed by atoms with Gasteiger partial charge in [-0.2, -0.15) is 0 Å². The van der Waals surface area contributed by atoms with Gasteiger partial charge in [-0.15, -0.1) is 11.8 Å². The van der Waals surface area contributed by atoms with E-state index in [9.17, 15) is 19.5 Å². The molecule has 0 spiro atoms. The first-order chi connectivity index (χ1) is 21.0. The third kappa shape index (κ3) is 4.06. The standard InChI is InChI=1S/C32H36N2O9S/c1-13-9-17-10-19-15(3)34-18-7-8-40-32(38)20(36)11-44-31(25(34)24(33(19)5)21(17)26(37)27(13)39-6)23-22(18)30-29(41-12-42-30)14(2)28(23)43-16(4)35/h9,15,18-19,24-25,31,37H,7-8,10-12H2,1-6H3/t15-,18-,19-,24?,25+,31+/m0/s1. The molecule has 0 aliphatic carbocycles. The number of thioether (sulfide) groups is 1. The molecule has 11 nitrogen and oxygen atoms in total. The van der Waals surface area contributed by atoms with Gasteiger partial charge < -0.3 is 28.8 Å². The summed E-state index contributed by atoms with van der Waals surface area (Å²) in [4.78, 5) is 43.0. The number of carbonyl (C=O) groups excluding carboxylic acids is 3. The quantitative estimate of drug-likeness (QED) is 0.298. The Morgan fingerprint density at radius 3 is 2.57 bits per heavy atom. The summed E-state index contributed by atoms with van der Waals surface area (Å²) in [7, 11) is 3.64. The number of phenolic OH excluding ortho intramolecular Hbond substituents is 1. The topological polar surface area (TPSA) is 124 Å². The van der Waals surface area contributed by atoms with Crippen molar-refractivity contribution in [1.82, 2.24) is 9.80 Å². The van der Waals surface area contributed by atoms with Crippen LogP contribution in [0.3, 0.4) is 0 Å². The third-order valence-corrected chi connectivity index (χ3v) is 11.3. The molecule has 5 aliphatic heterocycles. The fourth-order valence-corrected chi connectivity index (χ4v) is 9.67. The molecule has 5 aliphatic rings. The maximum atomic E-state index is 13.0. The van der Waals surface area contributed by atoms with E-state index in [2.05, 4.69) is 29.8 Å². The van der Waals surface area contributed by atoms with Gasteiger partial charge in [0.25, 0.3) is 0 Å². The fourth-order valence-electron chi connectivity index (χ4n) is 8.33. The van der Waals surface area contributed by atoms with E-state index in [0.717, 1.165) is 34.2 Å². The number of hydrogen-bond donors (Lipinski definition) is 1. The summed E-state index contributed by atoms with van der Waals surface area (Å²) < 4.78 is 29.2. The number of benzene rings is 2. The lowest BCUT2D eigenvalue weighted by molar-refractivity contribution is -0.153. The van der Waals surface area contributed by atoms with E-state index < -0.39 is 23.0 Å². The van der Waals surface area contributed by atoms with Gasteiger partial charge in [-0.25, -0.2) is 4.79 Å². The Kier molecular flexibility index (Phi) is 7.02. The van der Waals surface area contributed by atoms with Crippen LogP contribution in [0.4, 0.5) is 0 Å². The zero-order valence-electron chi connectivity index (χ0n) is 25.6. The molecule has 0 aromatic heterocycles. The normalized spacial score (nSPS) is 29.2. The number of aryl methyl sites for hydroxylation is 1. The molecule has 44 heavy (non-hydrogen) atoms. The number of phenols is 1. The number of esters is 2. The first kappa shape index (κ1) is 29.2. The first-order valence-corrected chi connectivity index (χ1v) is 15.9. The molecule has 12 heteroatoms. The average molecular weight is 625 g/mol. The molecule has 1 N–H and O–H groups in total. The molecule has 0 amide bonds. The average Bonchev–Trinajstić information content (AvgIpc) is 3.45. The minimum absolute atomic E-state index is 0.0174. The maximum Gasteiger partial charge on any atom is 0.375 e. The highest BCUT2D eigenvalue weighted by Gasteiger charge is 2.59. The monoisotopic (exact) mass is 624 g/mol. The van der Waals surface area contributed by atoms with E-state index in [1.165, 1.54) is 18.7 Å².